The van der Waals surface area contributed by atoms with E-state index in [-0.39, 0.29) is 24.9 Å². The van der Waals surface area contributed by atoms with E-state index in [1.165, 1.54) is 0 Å². The zero-order valence-electron chi connectivity index (χ0n) is 11.8. The maximum atomic E-state index is 12.2. The monoisotopic (exact) mass is 290 g/mol. The Labute approximate surface area is 128 Å². The maximum Gasteiger partial charge on any atom is 0.252 e. The summed E-state index contributed by atoms with van der Waals surface area (Å²) in [7, 11) is 0. The van der Waals surface area contributed by atoms with Gasteiger partial charge in [0.25, 0.3) is 11.8 Å². The van der Waals surface area contributed by atoms with Crippen molar-refractivity contribution in [1.29, 1.82) is 0 Å². The summed E-state index contributed by atoms with van der Waals surface area (Å²) in [6.45, 7) is 0.251. The Morgan fingerprint density at radius 1 is 0.864 bits per heavy atom. The minimum absolute atomic E-state index is 0.126. The van der Waals surface area contributed by atoms with E-state index in [1.807, 2.05) is 12.1 Å². The molecule has 2 N–H and O–H groups in total. The molecule has 0 aliphatic rings. The molecule has 4 nitrogen and oxygen atoms in total. The lowest BCUT2D eigenvalue weighted by Gasteiger charge is -2.11. The van der Waals surface area contributed by atoms with E-state index >= 15 is 0 Å². The molecule has 0 aromatic heterocycles. The average Bonchev–Trinajstić information content (AvgIpc) is 2.56. The van der Waals surface area contributed by atoms with Crippen LogP contribution in [-0.4, -0.2) is 24.9 Å². The molecule has 0 saturated heterocycles. The highest BCUT2D eigenvalue weighted by atomic mass is 16.2. The van der Waals surface area contributed by atoms with Crippen LogP contribution in [0.4, 0.5) is 0 Å². The van der Waals surface area contributed by atoms with E-state index in [0.717, 1.165) is 5.39 Å². The molecule has 2 aromatic carbocycles. The van der Waals surface area contributed by atoms with Crippen LogP contribution in [0.3, 0.4) is 0 Å². The first-order valence-electron chi connectivity index (χ1n) is 6.64. The highest BCUT2D eigenvalue weighted by Crippen LogP contribution is 2.23. The highest BCUT2D eigenvalue weighted by molar-refractivity contribution is 6.15. The Kier molecular flexibility index (Phi) is 4.80. The third-order valence-electron chi connectivity index (χ3n) is 3.10. The lowest BCUT2D eigenvalue weighted by atomic mass is 9.98. The fourth-order valence-electron chi connectivity index (χ4n) is 2.17. The van der Waals surface area contributed by atoms with Gasteiger partial charge in [0.15, 0.2) is 0 Å². The van der Waals surface area contributed by atoms with Crippen LogP contribution in [0.15, 0.2) is 36.4 Å². The van der Waals surface area contributed by atoms with Crippen molar-refractivity contribution in [1.82, 2.24) is 10.6 Å². The number of nitrogens with one attached hydrogen (secondary N) is 2. The summed E-state index contributed by atoms with van der Waals surface area (Å²) >= 11 is 0. The summed E-state index contributed by atoms with van der Waals surface area (Å²) in [6.07, 6.45) is 10.3. The van der Waals surface area contributed by atoms with Gasteiger partial charge in [-0.1, -0.05) is 36.1 Å². The number of hydrogen-bond acceptors (Lipinski definition) is 2. The second-order valence-electron chi connectivity index (χ2n) is 4.48. The van der Waals surface area contributed by atoms with Crippen molar-refractivity contribution in [2.75, 3.05) is 13.1 Å². The van der Waals surface area contributed by atoms with Crippen molar-refractivity contribution in [2.24, 2.45) is 0 Å². The zero-order valence-corrected chi connectivity index (χ0v) is 11.8. The maximum absolute atomic E-state index is 12.2. The van der Waals surface area contributed by atoms with Gasteiger partial charge in [0.05, 0.1) is 13.1 Å². The van der Waals surface area contributed by atoms with Gasteiger partial charge in [0.2, 0.25) is 0 Å². The predicted molar refractivity (Wildman–Crippen MR) is 86.3 cm³/mol. The molecule has 2 aromatic rings. The molecule has 0 aliphatic carbocycles. The lowest BCUT2D eigenvalue weighted by Crippen LogP contribution is -2.26. The molecule has 0 spiro atoms. The largest absolute Gasteiger partial charge is 0.341 e. The second kappa shape index (κ2) is 6.97. The summed E-state index contributed by atoms with van der Waals surface area (Å²) < 4.78 is 0. The van der Waals surface area contributed by atoms with E-state index in [4.69, 9.17) is 12.8 Å². The van der Waals surface area contributed by atoms with Crippen LogP contribution in [0.1, 0.15) is 20.7 Å². The number of fused-ring (bicyclic) bond motifs is 1. The lowest BCUT2D eigenvalue weighted by molar-refractivity contribution is 0.0957. The van der Waals surface area contributed by atoms with E-state index in [9.17, 15) is 9.59 Å². The Morgan fingerprint density at radius 2 is 1.32 bits per heavy atom. The average molecular weight is 290 g/mol. The molecule has 0 fully saturated rings. The Bertz CT molecular complexity index is 745. The van der Waals surface area contributed by atoms with Crippen LogP contribution in [0.25, 0.3) is 10.8 Å². The number of carbonyl (C=O) groups is 2. The molecular formula is C18H14N2O2. The van der Waals surface area contributed by atoms with E-state index < -0.39 is 0 Å². The van der Waals surface area contributed by atoms with Crippen molar-refractivity contribution in [3.05, 3.63) is 47.5 Å². The number of benzene rings is 2. The van der Waals surface area contributed by atoms with Gasteiger partial charge >= 0.3 is 0 Å². The third-order valence-corrected chi connectivity index (χ3v) is 3.10. The summed E-state index contributed by atoms with van der Waals surface area (Å²) in [5, 5.41) is 6.59. The molecule has 4 heteroatoms. The molecule has 108 valence electrons. The SMILES string of the molecule is C#CCNC(=O)c1cccc2cccc(C(=O)NCC#C)c12. The summed E-state index contributed by atoms with van der Waals surface area (Å²) in [5.74, 6) is 4.06. The van der Waals surface area contributed by atoms with Gasteiger partial charge in [-0.05, 0) is 17.5 Å². The fraction of sp³-hybridized carbons (Fsp3) is 0.111. The molecule has 22 heavy (non-hydrogen) atoms. The van der Waals surface area contributed by atoms with Gasteiger partial charge in [-0.2, -0.15) is 0 Å². The second-order valence-corrected chi connectivity index (χ2v) is 4.48. The van der Waals surface area contributed by atoms with Gasteiger partial charge in [0.1, 0.15) is 0 Å². The van der Waals surface area contributed by atoms with Crippen molar-refractivity contribution in [3.63, 3.8) is 0 Å². The standard InChI is InChI=1S/C18H14N2O2/c1-3-11-19-17(21)14-9-5-7-13-8-6-10-15(16(13)14)18(22)20-12-4-2/h1-2,5-10H,11-12H2,(H,19,21)(H,20,22). The van der Waals surface area contributed by atoms with E-state index in [0.29, 0.717) is 16.5 Å². The van der Waals surface area contributed by atoms with Crippen LogP contribution in [0.2, 0.25) is 0 Å². The first-order chi connectivity index (χ1) is 10.7. The van der Waals surface area contributed by atoms with Gasteiger partial charge in [-0.25, -0.2) is 0 Å². The quantitative estimate of drug-likeness (QED) is 0.840. The van der Waals surface area contributed by atoms with Gasteiger partial charge in [-0.3, -0.25) is 9.59 Å². The zero-order chi connectivity index (χ0) is 15.9. The number of hydrogen-bond donors (Lipinski definition) is 2. The fourth-order valence-corrected chi connectivity index (χ4v) is 2.17. The van der Waals surface area contributed by atoms with Crippen molar-refractivity contribution in [3.8, 4) is 24.7 Å². The molecule has 0 heterocycles. The summed E-state index contributed by atoms with van der Waals surface area (Å²) in [6, 6.07) is 10.5. The van der Waals surface area contributed by atoms with Crippen LogP contribution in [0, 0.1) is 24.7 Å². The van der Waals surface area contributed by atoms with Crippen LogP contribution >= 0.6 is 0 Å². The van der Waals surface area contributed by atoms with Crippen LogP contribution in [0.5, 0.6) is 0 Å². The number of amides is 2. The smallest absolute Gasteiger partial charge is 0.252 e. The molecular weight excluding hydrogens is 276 g/mol. The van der Waals surface area contributed by atoms with Gasteiger partial charge < -0.3 is 10.6 Å². The molecule has 2 rings (SSSR count). The Morgan fingerprint density at radius 3 is 1.73 bits per heavy atom. The first kappa shape index (κ1) is 15.2. The normalized spacial score (nSPS) is 9.55. The minimum Gasteiger partial charge on any atom is -0.341 e. The minimum atomic E-state index is -0.319. The summed E-state index contributed by atoms with van der Waals surface area (Å²) in [5.41, 5.74) is 0.804. The molecule has 0 aliphatic heterocycles. The van der Waals surface area contributed by atoms with Crippen LogP contribution < -0.4 is 10.6 Å². The highest BCUT2D eigenvalue weighted by Gasteiger charge is 2.16. The molecule has 0 atom stereocenters. The predicted octanol–water partition coefficient (Wildman–Crippen LogP) is 1.57. The molecule has 0 bridgehead atoms. The summed E-state index contributed by atoms with van der Waals surface area (Å²) in [4.78, 5) is 24.5. The Hall–Kier alpha value is -3.24. The third kappa shape index (κ3) is 3.08. The van der Waals surface area contributed by atoms with Gasteiger partial charge in [-0.15, -0.1) is 12.8 Å². The molecule has 0 radical (unpaired) electrons. The first-order valence-corrected chi connectivity index (χ1v) is 6.64. The number of carbonyl (C=O) groups excluding carboxylic acids is 2. The molecule has 0 saturated carbocycles. The van der Waals surface area contributed by atoms with Crippen LogP contribution in [-0.2, 0) is 0 Å². The van der Waals surface area contributed by atoms with E-state index in [2.05, 4.69) is 22.5 Å². The van der Waals surface area contributed by atoms with E-state index in [1.54, 1.807) is 24.3 Å². The topological polar surface area (TPSA) is 58.2 Å². The number of rotatable bonds is 4. The Balaban J connectivity index is 2.54. The van der Waals surface area contributed by atoms with Crippen molar-refractivity contribution in [2.45, 2.75) is 0 Å². The van der Waals surface area contributed by atoms with Crippen molar-refractivity contribution < 1.29 is 9.59 Å². The van der Waals surface area contributed by atoms with Crippen molar-refractivity contribution >= 4 is 22.6 Å². The molecule has 2 amide bonds. The van der Waals surface area contributed by atoms with Gasteiger partial charge in [0, 0.05) is 16.5 Å². The number of terminal acetylenes is 2. The molecule has 0 unspecified atom stereocenters.